The fraction of sp³-hybridized carbons (Fsp3) is 0.455. The van der Waals surface area contributed by atoms with Crippen molar-refractivity contribution in [2.75, 3.05) is 25.0 Å². The van der Waals surface area contributed by atoms with Crippen LogP contribution in [0.25, 0.3) is 0 Å². The fourth-order valence-electron chi connectivity index (χ4n) is 2.87. The van der Waals surface area contributed by atoms with Gasteiger partial charge in [0.1, 0.15) is 6.54 Å². The molecular formula is C22H29ClN4O3S. The number of nitrogens with one attached hydrogen (secondary N) is 2. The predicted octanol–water partition coefficient (Wildman–Crippen LogP) is 3.99. The molecule has 2 aromatic rings. The van der Waals surface area contributed by atoms with Gasteiger partial charge < -0.3 is 15.5 Å². The van der Waals surface area contributed by atoms with Crippen LogP contribution in [0.5, 0.6) is 0 Å². The minimum absolute atomic E-state index is 0.0925. The van der Waals surface area contributed by atoms with Gasteiger partial charge in [-0.2, -0.15) is 0 Å². The van der Waals surface area contributed by atoms with Crippen molar-refractivity contribution >= 4 is 45.8 Å². The van der Waals surface area contributed by atoms with Gasteiger partial charge >= 0.3 is 0 Å². The van der Waals surface area contributed by atoms with Crippen molar-refractivity contribution in [3.8, 4) is 0 Å². The Morgan fingerprint density at radius 3 is 2.61 bits per heavy atom. The Kier molecular flexibility index (Phi) is 9.94. The molecule has 0 aliphatic rings. The highest BCUT2D eigenvalue weighted by molar-refractivity contribution is 7.13. The molecule has 1 heterocycles. The molecule has 0 atom stereocenters. The first kappa shape index (κ1) is 24.8. The van der Waals surface area contributed by atoms with E-state index in [1.807, 2.05) is 13.8 Å². The summed E-state index contributed by atoms with van der Waals surface area (Å²) in [5.74, 6) is -0.561. The van der Waals surface area contributed by atoms with Gasteiger partial charge in [-0.25, -0.2) is 4.98 Å². The van der Waals surface area contributed by atoms with E-state index < -0.39 is 0 Å². The second-order valence-corrected chi connectivity index (χ2v) is 8.90. The lowest BCUT2D eigenvalue weighted by atomic mass is 10.1. The normalized spacial score (nSPS) is 10.7. The summed E-state index contributed by atoms with van der Waals surface area (Å²) in [6, 6.07) is 6.79. The number of thiazole rings is 1. The number of unbranched alkanes of at least 4 members (excludes halogenated alkanes) is 1. The van der Waals surface area contributed by atoms with E-state index in [9.17, 15) is 14.4 Å². The zero-order valence-corrected chi connectivity index (χ0v) is 19.7. The summed E-state index contributed by atoms with van der Waals surface area (Å²) in [5, 5.41) is 8.06. The highest BCUT2D eigenvalue weighted by atomic mass is 35.5. The number of amides is 3. The molecule has 0 saturated heterocycles. The second kappa shape index (κ2) is 12.4. The summed E-state index contributed by atoms with van der Waals surface area (Å²) in [5.41, 5.74) is 0.962. The van der Waals surface area contributed by atoms with Crippen molar-refractivity contribution in [2.45, 2.75) is 40.0 Å². The molecule has 31 heavy (non-hydrogen) atoms. The molecule has 0 radical (unpaired) electrons. The molecule has 3 amide bonds. The number of halogens is 1. The van der Waals surface area contributed by atoms with Gasteiger partial charge in [-0.1, -0.05) is 50.9 Å². The number of nitrogens with zero attached hydrogens (tertiary/aromatic N) is 2. The first-order valence-electron chi connectivity index (χ1n) is 10.3. The van der Waals surface area contributed by atoms with Gasteiger partial charge in [0, 0.05) is 18.5 Å². The van der Waals surface area contributed by atoms with E-state index >= 15 is 0 Å². The zero-order valence-electron chi connectivity index (χ0n) is 18.1. The Balaban J connectivity index is 1.97. The molecule has 0 saturated carbocycles. The number of carbonyl (C=O) groups is 3. The number of benzene rings is 1. The molecule has 168 valence electrons. The quantitative estimate of drug-likeness (QED) is 0.492. The molecule has 2 N–H and O–H groups in total. The molecular weight excluding hydrogens is 436 g/mol. The monoisotopic (exact) mass is 464 g/mol. The fourth-order valence-corrected chi connectivity index (χ4v) is 3.82. The van der Waals surface area contributed by atoms with E-state index in [1.165, 1.54) is 16.2 Å². The molecule has 7 nitrogen and oxygen atoms in total. The summed E-state index contributed by atoms with van der Waals surface area (Å²) < 4.78 is 0. The first-order chi connectivity index (χ1) is 14.8. The molecule has 0 aliphatic carbocycles. The van der Waals surface area contributed by atoms with Gasteiger partial charge in [0.05, 0.1) is 22.7 Å². The maximum atomic E-state index is 12.9. The van der Waals surface area contributed by atoms with Crippen molar-refractivity contribution in [1.82, 2.24) is 15.2 Å². The van der Waals surface area contributed by atoms with Gasteiger partial charge in [0.2, 0.25) is 11.8 Å². The highest BCUT2D eigenvalue weighted by Gasteiger charge is 2.22. The summed E-state index contributed by atoms with van der Waals surface area (Å²) in [6.45, 7) is 6.96. The second-order valence-electron chi connectivity index (χ2n) is 7.63. The lowest BCUT2D eigenvalue weighted by Crippen LogP contribution is -2.40. The minimum Gasteiger partial charge on any atom is -0.356 e. The van der Waals surface area contributed by atoms with Gasteiger partial charge in [-0.3, -0.25) is 14.4 Å². The first-order valence-corrected chi connectivity index (χ1v) is 11.6. The lowest BCUT2D eigenvalue weighted by Gasteiger charge is -2.24. The van der Waals surface area contributed by atoms with Crippen molar-refractivity contribution in [2.24, 2.45) is 5.92 Å². The van der Waals surface area contributed by atoms with Gasteiger partial charge in [-0.05, 0) is 24.5 Å². The Morgan fingerprint density at radius 2 is 1.94 bits per heavy atom. The van der Waals surface area contributed by atoms with E-state index in [-0.39, 0.29) is 36.6 Å². The van der Waals surface area contributed by atoms with Crippen LogP contribution >= 0.6 is 22.9 Å². The van der Waals surface area contributed by atoms with Crippen LogP contribution in [0.15, 0.2) is 29.6 Å². The Bertz CT molecular complexity index is 900. The lowest BCUT2D eigenvalue weighted by molar-refractivity contribution is -0.120. The number of hydrogen-bond acceptors (Lipinski definition) is 5. The molecule has 1 aromatic heterocycles. The van der Waals surface area contributed by atoms with Gasteiger partial charge in [0.15, 0.2) is 5.13 Å². The minimum atomic E-state index is -0.352. The number of rotatable bonds is 11. The van der Waals surface area contributed by atoms with Crippen LogP contribution in [-0.2, 0) is 16.0 Å². The third-order valence-electron chi connectivity index (χ3n) is 4.30. The molecule has 0 spiro atoms. The smallest absolute Gasteiger partial charge is 0.255 e. The van der Waals surface area contributed by atoms with Crippen molar-refractivity contribution in [3.05, 3.63) is 45.9 Å². The number of hydrogen-bond donors (Lipinski definition) is 2. The van der Waals surface area contributed by atoms with E-state index in [0.717, 1.165) is 12.8 Å². The molecule has 0 unspecified atom stereocenters. The average molecular weight is 465 g/mol. The van der Waals surface area contributed by atoms with Gasteiger partial charge in [0.25, 0.3) is 5.91 Å². The number of carbonyl (C=O) groups excluding carboxylic acids is 3. The Morgan fingerprint density at radius 1 is 1.19 bits per heavy atom. The maximum Gasteiger partial charge on any atom is 0.255 e. The molecule has 0 bridgehead atoms. The van der Waals surface area contributed by atoms with Crippen LogP contribution in [0.2, 0.25) is 5.02 Å². The average Bonchev–Trinajstić information content (AvgIpc) is 3.13. The third-order valence-corrected chi connectivity index (χ3v) is 5.44. The van der Waals surface area contributed by atoms with Crippen LogP contribution in [-0.4, -0.2) is 47.2 Å². The number of anilines is 1. The third kappa shape index (κ3) is 8.30. The molecule has 9 heteroatoms. The Hall–Kier alpha value is -2.45. The molecule has 0 aliphatic heterocycles. The van der Waals surface area contributed by atoms with Gasteiger partial charge in [-0.15, -0.1) is 11.3 Å². The largest absolute Gasteiger partial charge is 0.356 e. The standard InChI is InChI=1S/C22H29ClN4O3S/c1-4-5-10-24-19(28)11-16-14-31-22(25-16)26-20(29)13-27(12-15(2)3)21(30)17-8-6-7-9-18(17)23/h6-9,14-15H,4-5,10-13H2,1-3H3,(H,24,28)(H,25,26,29). The maximum absolute atomic E-state index is 12.9. The topological polar surface area (TPSA) is 91.4 Å². The molecule has 2 rings (SSSR count). The van der Waals surface area contributed by atoms with E-state index in [1.54, 1.807) is 29.6 Å². The van der Waals surface area contributed by atoms with Crippen LogP contribution < -0.4 is 10.6 Å². The van der Waals surface area contributed by atoms with Crippen LogP contribution in [0, 0.1) is 5.92 Å². The summed E-state index contributed by atoms with van der Waals surface area (Å²) in [6.07, 6.45) is 2.12. The zero-order chi connectivity index (χ0) is 22.8. The van der Waals surface area contributed by atoms with E-state index in [4.69, 9.17) is 11.6 Å². The molecule has 0 fully saturated rings. The number of aromatic nitrogens is 1. The van der Waals surface area contributed by atoms with E-state index in [2.05, 4.69) is 22.5 Å². The Labute approximate surface area is 192 Å². The van der Waals surface area contributed by atoms with Crippen molar-refractivity contribution in [3.63, 3.8) is 0 Å². The van der Waals surface area contributed by atoms with E-state index in [0.29, 0.717) is 34.5 Å². The van der Waals surface area contributed by atoms with Crippen LogP contribution in [0.4, 0.5) is 5.13 Å². The van der Waals surface area contributed by atoms with Crippen molar-refractivity contribution < 1.29 is 14.4 Å². The highest BCUT2D eigenvalue weighted by Crippen LogP contribution is 2.19. The summed E-state index contributed by atoms with van der Waals surface area (Å²) in [4.78, 5) is 43.2. The van der Waals surface area contributed by atoms with Crippen LogP contribution in [0.3, 0.4) is 0 Å². The van der Waals surface area contributed by atoms with Crippen LogP contribution in [0.1, 0.15) is 49.7 Å². The molecule has 1 aromatic carbocycles. The predicted molar refractivity (Wildman–Crippen MR) is 125 cm³/mol. The SMILES string of the molecule is CCCCNC(=O)Cc1csc(NC(=O)CN(CC(C)C)C(=O)c2ccccc2Cl)n1. The summed E-state index contributed by atoms with van der Waals surface area (Å²) >= 11 is 7.41. The van der Waals surface area contributed by atoms with Crippen molar-refractivity contribution in [1.29, 1.82) is 0 Å². The summed E-state index contributed by atoms with van der Waals surface area (Å²) in [7, 11) is 0.